The molecule has 1 aliphatic heterocycles. The van der Waals surface area contributed by atoms with Crippen LogP contribution in [-0.4, -0.2) is 4.98 Å². The maximum atomic E-state index is 6.34. The Balaban J connectivity index is 1.39. The molecule has 0 unspecified atom stereocenters. The molecule has 0 saturated heterocycles. The molecule has 1 aliphatic rings. The summed E-state index contributed by atoms with van der Waals surface area (Å²) >= 11 is 0. The van der Waals surface area contributed by atoms with E-state index in [2.05, 4.69) is 140 Å². The summed E-state index contributed by atoms with van der Waals surface area (Å²) in [6, 6.07) is 47.4. The number of aromatic nitrogens is 1. The number of hydrogen-bond acceptors (Lipinski definition) is 3. The Morgan fingerprint density at radius 2 is 1.21 bits per heavy atom. The van der Waals surface area contributed by atoms with Crippen molar-refractivity contribution in [3.05, 3.63) is 145 Å². The lowest BCUT2D eigenvalue weighted by Crippen LogP contribution is -2.30. The average molecular weight is 553 g/mol. The number of benzene rings is 6. The van der Waals surface area contributed by atoms with Gasteiger partial charge in [-0.15, -0.1) is 0 Å². The van der Waals surface area contributed by atoms with E-state index in [0.717, 1.165) is 55.2 Å². The molecule has 0 fully saturated rings. The minimum absolute atomic E-state index is 0.108. The summed E-state index contributed by atoms with van der Waals surface area (Å²) in [6.07, 6.45) is 0. The van der Waals surface area contributed by atoms with E-state index in [4.69, 9.17) is 9.40 Å². The maximum absolute atomic E-state index is 6.34. The van der Waals surface area contributed by atoms with Gasteiger partial charge in [0.25, 0.3) is 0 Å². The lowest BCUT2D eigenvalue weighted by atomic mass is 9.73. The zero-order chi connectivity index (χ0) is 28.7. The van der Waals surface area contributed by atoms with Gasteiger partial charge >= 0.3 is 0 Å². The van der Waals surface area contributed by atoms with Crippen molar-refractivity contribution in [1.82, 2.24) is 4.98 Å². The van der Waals surface area contributed by atoms with E-state index < -0.39 is 0 Å². The Bertz CT molecular complexity index is 2330. The minimum Gasteiger partial charge on any atom is -0.456 e. The highest BCUT2D eigenvalue weighted by Crippen LogP contribution is 2.52. The van der Waals surface area contributed by atoms with E-state index in [1.807, 2.05) is 12.1 Å². The van der Waals surface area contributed by atoms with Crippen LogP contribution in [0.1, 0.15) is 25.0 Å². The number of furan rings is 1. The largest absolute Gasteiger partial charge is 0.456 e. The molecule has 8 aromatic rings. The predicted octanol–water partition coefficient (Wildman–Crippen LogP) is 11.1. The summed E-state index contributed by atoms with van der Waals surface area (Å²) in [5.41, 5.74) is 10.9. The topological polar surface area (TPSA) is 29.3 Å². The standard InChI is InChI=1S/C40H28N2O/c1-40(2)30-15-7-9-17-33(30)42(34-18-10-8-16-31(34)40)26-20-21-27-32(24-26)41-39(25-12-4-3-5-13-25)29-22-23-36-38(37(27)29)28-14-6-11-19-35(28)43-36/h3-24H,1-2H3. The van der Waals surface area contributed by atoms with Crippen LogP contribution in [0.15, 0.2) is 138 Å². The fourth-order valence-corrected chi connectivity index (χ4v) is 7.20. The first-order chi connectivity index (χ1) is 21.1. The van der Waals surface area contributed by atoms with Crippen LogP contribution in [0, 0.1) is 0 Å². The number of nitrogens with zero attached hydrogens (tertiary/aromatic N) is 2. The second-order valence-corrected chi connectivity index (χ2v) is 12.0. The highest BCUT2D eigenvalue weighted by molar-refractivity contribution is 6.28. The van der Waals surface area contributed by atoms with Gasteiger partial charge < -0.3 is 9.32 Å². The van der Waals surface area contributed by atoms with Crippen LogP contribution >= 0.6 is 0 Å². The van der Waals surface area contributed by atoms with Gasteiger partial charge in [-0.05, 0) is 53.6 Å². The SMILES string of the molecule is CC1(C)c2ccccc2N(c2ccc3c(c2)nc(-c2ccccc2)c2ccc4oc5ccccc5c4c23)c2ccccc21. The minimum atomic E-state index is -0.108. The molecule has 0 radical (unpaired) electrons. The van der Waals surface area contributed by atoms with Gasteiger partial charge in [0, 0.05) is 43.6 Å². The molecule has 2 aromatic heterocycles. The van der Waals surface area contributed by atoms with Gasteiger partial charge in [0.2, 0.25) is 0 Å². The third kappa shape index (κ3) is 3.39. The molecule has 0 saturated carbocycles. The number of hydrogen-bond donors (Lipinski definition) is 0. The summed E-state index contributed by atoms with van der Waals surface area (Å²) in [6.45, 7) is 4.64. The molecule has 3 heteroatoms. The smallest absolute Gasteiger partial charge is 0.136 e. The van der Waals surface area contributed by atoms with Crippen LogP contribution in [-0.2, 0) is 5.41 Å². The molecule has 0 atom stereocenters. The van der Waals surface area contributed by atoms with Crippen LogP contribution < -0.4 is 4.90 Å². The molecule has 0 aliphatic carbocycles. The number of para-hydroxylation sites is 3. The summed E-state index contributed by atoms with van der Waals surface area (Å²) in [7, 11) is 0. The van der Waals surface area contributed by atoms with E-state index in [1.54, 1.807) is 0 Å². The van der Waals surface area contributed by atoms with E-state index in [9.17, 15) is 0 Å². The van der Waals surface area contributed by atoms with Crippen molar-refractivity contribution in [1.29, 1.82) is 0 Å². The molecule has 0 N–H and O–H groups in total. The maximum Gasteiger partial charge on any atom is 0.136 e. The first-order valence-corrected chi connectivity index (χ1v) is 14.8. The van der Waals surface area contributed by atoms with Crippen LogP contribution in [0.5, 0.6) is 0 Å². The van der Waals surface area contributed by atoms with Crippen molar-refractivity contribution in [3.63, 3.8) is 0 Å². The summed E-state index contributed by atoms with van der Waals surface area (Å²) < 4.78 is 6.34. The molecule has 0 bridgehead atoms. The zero-order valence-corrected chi connectivity index (χ0v) is 24.0. The van der Waals surface area contributed by atoms with Gasteiger partial charge in [-0.3, -0.25) is 0 Å². The zero-order valence-electron chi connectivity index (χ0n) is 24.0. The molecule has 0 amide bonds. The van der Waals surface area contributed by atoms with Crippen LogP contribution in [0.2, 0.25) is 0 Å². The lowest BCUT2D eigenvalue weighted by molar-refractivity contribution is 0.632. The first kappa shape index (κ1) is 24.2. The number of anilines is 3. The molecular weight excluding hydrogens is 524 g/mol. The monoisotopic (exact) mass is 552 g/mol. The Morgan fingerprint density at radius 1 is 0.558 bits per heavy atom. The second kappa shape index (κ2) is 8.80. The molecule has 6 aromatic carbocycles. The van der Waals surface area contributed by atoms with E-state index in [0.29, 0.717) is 0 Å². The normalized spacial score (nSPS) is 14.0. The predicted molar refractivity (Wildman–Crippen MR) is 179 cm³/mol. The average Bonchev–Trinajstić information content (AvgIpc) is 3.44. The van der Waals surface area contributed by atoms with E-state index in [1.165, 1.54) is 27.9 Å². The van der Waals surface area contributed by atoms with Gasteiger partial charge in [-0.1, -0.05) is 105 Å². The third-order valence-electron chi connectivity index (χ3n) is 9.22. The highest BCUT2D eigenvalue weighted by Gasteiger charge is 2.36. The Hall–Kier alpha value is -5.41. The van der Waals surface area contributed by atoms with Crippen LogP contribution in [0.4, 0.5) is 17.1 Å². The highest BCUT2D eigenvalue weighted by atomic mass is 16.3. The van der Waals surface area contributed by atoms with Crippen molar-refractivity contribution < 1.29 is 4.42 Å². The fourth-order valence-electron chi connectivity index (χ4n) is 7.20. The fraction of sp³-hybridized carbons (Fsp3) is 0.0750. The van der Waals surface area contributed by atoms with Gasteiger partial charge in [-0.25, -0.2) is 4.98 Å². The number of pyridine rings is 1. The quantitative estimate of drug-likeness (QED) is 0.200. The van der Waals surface area contributed by atoms with Crippen molar-refractivity contribution in [2.24, 2.45) is 0 Å². The third-order valence-corrected chi connectivity index (χ3v) is 9.22. The molecule has 204 valence electrons. The molecule has 3 heterocycles. The molecule has 0 spiro atoms. The van der Waals surface area contributed by atoms with Crippen molar-refractivity contribution in [2.45, 2.75) is 19.3 Å². The molecular formula is C40H28N2O. The van der Waals surface area contributed by atoms with Crippen LogP contribution in [0.3, 0.4) is 0 Å². The molecule has 43 heavy (non-hydrogen) atoms. The van der Waals surface area contributed by atoms with E-state index >= 15 is 0 Å². The van der Waals surface area contributed by atoms with Crippen molar-refractivity contribution in [3.8, 4) is 11.3 Å². The molecule has 3 nitrogen and oxygen atoms in total. The summed E-state index contributed by atoms with van der Waals surface area (Å²) in [5, 5.41) is 5.69. The summed E-state index contributed by atoms with van der Waals surface area (Å²) in [5.74, 6) is 0. The van der Waals surface area contributed by atoms with Crippen LogP contribution in [0.25, 0.3) is 54.9 Å². The summed E-state index contributed by atoms with van der Waals surface area (Å²) in [4.78, 5) is 7.78. The van der Waals surface area contributed by atoms with Crippen molar-refractivity contribution >= 4 is 60.7 Å². The van der Waals surface area contributed by atoms with Gasteiger partial charge in [0.1, 0.15) is 11.2 Å². The lowest BCUT2D eigenvalue weighted by Gasteiger charge is -2.42. The Labute approximate surface area is 249 Å². The van der Waals surface area contributed by atoms with Gasteiger partial charge in [0.15, 0.2) is 0 Å². The van der Waals surface area contributed by atoms with Gasteiger partial charge in [-0.2, -0.15) is 0 Å². The number of rotatable bonds is 2. The van der Waals surface area contributed by atoms with E-state index in [-0.39, 0.29) is 5.41 Å². The van der Waals surface area contributed by atoms with Crippen molar-refractivity contribution in [2.75, 3.05) is 4.90 Å². The van der Waals surface area contributed by atoms with Gasteiger partial charge in [0.05, 0.1) is 22.6 Å². The first-order valence-electron chi connectivity index (χ1n) is 14.8. The number of fused-ring (bicyclic) bond motifs is 9. The Kier molecular flexibility index (Phi) is 4.95. The second-order valence-electron chi connectivity index (χ2n) is 12.0. The Morgan fingerprint density at radius 3 is 1.98 bits per heavy atom. The molecule has 9 rings (SSSR count).